The molecule has 0 fully saturated rings. The van der Waals surface area contributed by atoms with Crippen LogP contribution in [-0.2, 0) is 4.79 Å². The van der Waals surface area contributed by atoms with E-state index in [9.17, 15) is 4.79 Å². The van der Waals surface area contributed by atoms with Crippen molar-refractivity contribution in [3.8, 4) is 11.8 Å². The van der Waals surface area contributed by atoms with Crippen molar-refractivity contribution in [1.29, 1.82) is 0 Å². The molecule has 70 valence electrons. The minimum Gasteiger partial charge on any atom is -0.309 e. The van der Waals surface area contributed by atoms with Gasteiger partial charge >= 0.3 is 0 Å². The van der Waals surface area contributed by atoms with Crippen LogP contribution in [0.15, 0.2) is 29.3 Å². The van der Waals surface area contributed by atoms with Crippen molar-refractivity contribution in [3.63, 3.8) is 0 Å². The molecule has 0 saturated heterocycles. The third-order valence-corrected chi connectivity index (χ3v) is 1.54. The van der Waals surface area contributed by atoms with Crippen molar-refractivity contribution < 1.29 is 4.79 Å². The summed E-state index contributed by atoms with van der Waals surface area (Å²) < 4.78 is 0. The van der Waals surface area contributed by atoms with Gasteiger partial charge in [-0.3, -0.25) is 0 Å². The highest BCUT2D eigenvalue weighted by molar-refractivity contribution is 5.51. The second kappa shape index (κ2) is 5.71. The molecule has 1 N–H and O–H groups in total. The molecule has 0 aliphatic rings. The standard InChI is InChI=1S/C11H10N2O/c1-12-8-2-3-10-4-6-11(7-5-10)13-9-14/h4-7,12H,8H2,1H3. The predicted molar refractivity (Wildman–Crippen MR) is 55.0 cm³/mol. The van der Waals surface area contributed by atoms with Crippen LogP contribution in [0.3, 0.4) is 0 Å². The number of aliphatic imine (C=N–C) groups is 1. The third kappa shape index (κ3) is 3.24. The summed E-state index contributed by atoms with van der Waals surface area (Å²) in [5.41, 5.74) is 1.50. The minimum absolute atomic E-state index is 0.596. The first-order valence-electron chi connectivity index (χ1n) is 4.18. The lowest BCUT2D eigenvalue weighted by molar-refractivity contribution is 0.565. The van der Waals surface area contributed by atoms with Gasteiger partial charge in [-0.05, 0) is 31.3 Å². The number of nitrogens with zero attached hydrogens (tertiary/aromatic N) is 1. The summed E-state index contributed by atoms with van der Waals surface area (Å²) in [6.45, 7) is 0.661. The van der Waals surface area contributed by atoms with Crippen LogP contribution < -0.4 is 5.32 Å². The van der Waals surface area contributed by atoms with E-state index in [1.54, 1.807) is 12.1 Å². The summed E-state index contributed by atoms with van der Waals surface area (Å²) in [6, 6.07) is 7.10. The van der Waals surface area contributed by atoms with E-state index < -0.39 is 0 Å². The van der Waals surface area contributed by atoms with Crippen molar-refractivity contribution >= 4 is 11.8 Å². The van der Waals surface area contributed by atoms with Crippen LogP contribution in [0.4, 0.5) is 5.69 Å². The Labute approximate surface area is 82.9 Å². The number of hydrogen-bond donors (Lipinski definition) is 1. The summed E-state index contributed by atoms with van der Waals surface area (Å²) >= 11 is 0. The summed E-state index contributed by atoms with van der Waals surface area (Å²) in [6.07, 6.45) is 1.48. The molecule has 1 rings (SSSR count). The molecule has 1 aromatic rings. The molecule has 0 unspecified atom stereocenters. The molecular formula is C11H10N2O. The Morgan fingerprint density at radius 3 is 2.64 bits per heavy atom. The van der Waals surface area contributed by atoms with E-state index >= 15 is 0 Å². The van der Waals surface area contributed by atoms with Crippen LogP contribution >= 0.6 is 0 Å². The van der Waals surface area contributed by atoms with Gasteiger partial charge in [0.2, 0.25) is 6.08 Å². The molecule has 3 heteroatoms. The van der Waals surface area contributed by atoms with Gasteiger partial charge in [-0.1, -0.05) is 11.8 Å². The zero-order valence-electron chi connectivity index (χ0n) is 7.87. The average Bonchev–Trinajstić information content (AvgIpc) is 2.21. The van der Waals surface area contributed by atoms with Crippen molar-refractivity contribution in [2.45, 2.75) is 0 Å². The molecule has 0 spiro atoms. The Bertz CT molecular complexity index is 392. The maximum absolute atomic E-state index is 9.94. The monoisotopic (exact) mass is 186 g/mol. The van der Waals surface area contributed by atoms with Gasteiger partial charge in [-0.25, -0.2) is 4.79 Å². The lowest BCUT2D eigenvalue weighted by Gasteiger charge is -1.90. The molecule has 0 heterocycles. The molecule has 0 aromatic heterocycles. The summed E-state index contributed by atoms with van der Waals surface area (Å²) in [4.78, 5) is 13.4. The van der Waals surface area contributed by atoms with E-state index in [0.29, 0.717) is 12.2 Å². The van der Waals surface area contributed by atoms with Crippen LogP contribution in [0, 0.1) is 11.8 Å². The number of isocyanates is 1. The van der Waals surface area contributed by atoms with Crippen LogP contribution in [0.1, 0.15) is 5.56 Å². The molecule has 3 nitrogen and oxygen atoms in total. The highest BCUT2D eigenvalue weighted by atomic mass is 16.1. The largest absolute Gasteiger partial charge is 0.309 e. The highest BCUT2D eigenvalue weighted by Gasteiger charge is 1.88. The van der Waals surface area contributed by atoms with E-state index in [-0.39, 0.29) is 0 Å². The van der Waals surface area contributed by atoms with Crippen LogP contribution in [-0.4, -0.2) is 19.7 Å². The fraction of sp³-hybridized carbons (Fsp3) is 0.182. The fourth-order valence-corrected chi connectivity index (χ4v) is 0.907. The smallest absolute Gasteiger partial charge is 0.240 e. The number of rotatable bonds is 2. The van der Waals surface area contributed by atoms with E-state index in [4.69, 9.17) is 0 Å². The van der Waals surface area contributed by atoms with Gasteiger partial charge in [0, 0.05) is 5.56 Å². The molecule has 0 aliphatic carbocycles. The van der Waals surface area contributed by atoms with Gasteiger partial charge in [0.05, 0.1) is 12.2 Å². The number of benzene rings is 1. The Kier molecular flexibility index (Phi) is 4.16. The van der Waals surface area contributed by atoms with Crippen molar-refractivity contribution in [3.05, 3.63) is 29.8 Å². The van der Waals surface area contributed by atoms with Gasteiger partial charge in [0.25, 0.3) is 0 Å². The Balaban J connectivity index is 2.74. The lowest BCUT2D eigenvalue weighted by atomic mass is 10.2. The Morgan fingerprint density at radius 1 is 1.36 bits per heavy atom. The van der Waals surface area contributed by atoms with Crippen LogP contribution in [0.25, 0.3) is 0 Å². The quantitative estimate of drug-likeness (QED) is 0.428. The third-order valence-electron chi connectivity index (χ3n) is 1.54. The first-order valence-corrected chi connectivity index (χ1v) is 4.18. The SMILES string of the molecule is CNCC#Cc1ccc(N=C=O)cc1. The van der Waals surface area contributed by atoms with Crippen LogP contribution in [0.2, 0.25) is 0 Å². The normalized spacial score (nSPS) is 8.36. The first-order chi connectivity index (χ1) is 6.86. The van der Waals surface area contributed by atoms with E-state index in [1.807, 2.05) is 19.2 Å². The molecule has 0 radical (unpaired) electrons. The molecule has 0 bridgehead atoms. The van der Waals surface area contributed by atoms with E-state index in [2.05, 4.69) is 22.2 Å². The molecule has 0 atom stereocenters. The minimum atomic E-state index is 0.596. The Morgan fingerprint density at radius 2 is 2.07 bits per heavy atom. The van der Waals surface area contributed by atoms with E-state index in [0.717, 1.165) is 5.56 Å². The van der Waals surface area contributed by atoms with Crippen LogP contribution in [0.5, 0.6) is 0 Å². The average molecular weight is 186 g/mol. The topological polar surface area (TPSA) is 41.5 Å². The maximum Gasteiger partial charge on any atom is 0.240 e. The fourth-order valence-electron chi connectivity index (χ4n) is 0.907. The molecule has 14 heavy (non-hydrogen) atoms. The molecule has 0 aliphatic heterocycles. The number of hydrogen-bond acceptors (Lipinski definition) is 3. The summed E-state index contributed by atoms with van der Waals surface area (Å²) in [7, 11) is 1.84. The van der Waals surface area contributed by atoms with Gasteiger partial charge in [-0.2, -0.15) is 4.99 Å². The van der Waals surface area contributed by atoms with Crippen molar-refractivity contribution in [1.82, 2.24) is 5.32 Å². The summed E-state index contributed by atoms with van der Waals surface area (Å²) in [5.74, 6) is 5.90. The second-order valence-corrected chi connectivity index (χ2v) is 2.58. The maximum atomic E-state index is 9.94. The number of nitrogens with one attached hydrogen (secondary N) is 1. The molecule has 0 amide bonds. The van der Waals surface area contributed by atoms with E-state index in [1.165, 1.54) is 6.08 Å². The van der Waals surface area contributed by atoms with Gasteiger partial charge < -0.3 is 5.32 Å². The van der Waals surface area contributed by atoms with Gasteiger partial charge in [0.1, 0.15) is 0 Å². The highest BCUT2D eigenvalue weighted by Crippen LogP contribution is 2.10. The molecular weight excluding hydrogens is 176 g/mol. The molecule has 1 aromatic carbocycles. The zero-order chi connectivity index (χ0) is 10.2. The lowest BCUT2D eigenvalue weighted by Crippen LogP contribution is -2.04. The first kappa shape index (κ1) is 10.2. The second-order valence-electron chi connectivity index (χ2n) is 2.58. The van der Waals surface area contributed by atoms with Crippen molar-refractivity contribution in [2.24, 2.45) is 4.99 Å². The van der Waals surface area contributed by atoms with Crippen molar-refractivity contribution in [2.75, 3.05) is 13.6 Å². The number of carbonyl (C=O) groups excluding carboxylic acids is 1. The summed E-state index contributed by atoms with van der Waals surface area (Å²) in [5, 5.41) is 2.93. The predicted octanol–water partition coefficient (Wildman–Crippen LogP) is 1.22. The van der Waals surface area contributed by atoms with Gasteiger partial charge in [-0.15, -0.1) is 0 Å². The molecule has 0 saturated carbocycles. The van der Waals surface area contributed by atoms with Gasteiger partial charge in [0.15, 0.2) is 0 Å². The zero-order valence-corrected chi connectivity index (χ0v) is 7.87. The Hall–Kier alpha value is -1.88.